The number of benzene rings is 6. The van der Waals surface area contributed by atoms with E-state index in [4.69, 9.17) is 0 Å². The summed E-state index contributed by atoms with van der Waals surface area (Å²) in [6.45, 7) is 0. The van der Waals surface area contributed by atoms with Gasteiger partial charge in [-0.25, -0.2) is 0 Å². The van der Waals surface area contributed by atoms with Crippen molar-refractivity contribution in [2.45, 2.75) is 0 Å². The van der Waals surface area contributed by atoms with Crippen molar-refractivity contribution in [3.05, 3.63) is 140 Å². The number of hydrogen-bond donors (Lipinski definition) is 0. The molecule has 2 heterocycles. The molecule has 0 spiro atoms. The highest BCUT2D eigenvalue weighted by molar-refractivity contribution is 7.25. The molecule has 178 valence electrons. The Hall–Kier alpha value is -4.66. The largest absolute Gasteiger partial charge is 0.309 e. The van der Waals surface area contributed by atoms with Gasteiger partial charge >= 0.3 is 0 Å². The van der Waals surface area contributed by atoms with Gasteiger partial charge in [0.15, 0.2) is 0 Å². The predicted molar refractivity (Wildman–Crippen MR) is 165 cm³/mol. The van der Waals surface area contributed by atoms with E-state index in [0.29, 0.717) is 0 Å². The fraction of sp³-hybridized carbons (Fsp3) is 0. The minimum atomic E-state index is 1.18. The van der Waals surface area contributed by atoms with Crippen molar-refractivity contribution in [3.63, 3.8) is 0 Å². The average Bonchev–Trinajstić information content (AvgIpc) is 3.51. The fourth-order valence-electron chi connectivity index (χ4n) is 5.80. The minimum absolute atomic E-state index is 1.18. The van der Waals surface area contributed by atoms with E-state index in [1.54, 1.807) is 0 Å². The third kappa shape index (κ3) is 3.31. The van der Waals surface area contributed by atoms with Crippen LogP contribution in [-0.2, 0) is 0 Å². The van der Waals surface area contributed by atoms with Gasteiger partial charge in [0.2, 0.25) is 0 Å². The molecule has 0 bridgehead atoms. The summed E-state index contributed by atoms with van der Waals surface area (Å²) < 4.78 is 5.11. The molecule has 0 aliphatic heterocycles. The Bertz CT molecular complexity index is 2060. The highest BCUT2D eigenvalue weighted by atomic mass is 32.1. The summed E-state index contributed by atoms with van der Waals surface area (Å²) in [5, 5.41) is 5.25. The van der Waals surface area contributed by atoms with E-state index in [-0.39, 0.29) is 0 Å². The van der Waals surface area contributed by atoms with E-state index in [2.05, 4.69) is 144 Å². The quantitative estimate of drug-likeness (QED) is 0.227. The lowest BCUT2D eigenvalue weighted by atomic mass is 9.98. The predicted octanol–water partition coefficient (Wildman–Crippen LogP) is 10.5. The minimum Gasteiger partial charge on any atom is -0.309 e. The Morgan fingerprint density at radius 3 is 1.68 bits per heavy atom. The van der Waals surface area contributed by atoms with E-state index >= 15 is 0 Å². The second-order valence-electron chi connectivity index (χ2n) is 9.82. The number of hydrogen-bond acceptors (Lipinski definition) is 1. The van der Waals surface area contributed by atoms with Crippen molar-refractivity contribution < 1.29 is 0 Å². The molecule has 0 atom stereocenters. The van der Waals surface area contributed by atoms with Crippen molar-refractivity contribution in [3.8, 4) is 27.9 Å². The van der Waals surface area contributed by atoms with Gasteiger partial charge in [-0.15, -0.1) is 11.3 Å². The van der Waals surface area contributed by atoms with Crippen LogP contribution < -0.4 is 0 Å². The molecule has 2 heteroatoms. The molecule has 8 rings (SSSR count). The van der Waals surface area contributed by atoms with Crippen LogP contribution in [0.1, 0.15) is 0 Å². The van der Waals surface area contributed by atoms with E-state index in [9.17, 15) is 0 Å². The molecule has 2 aromatic heterocycles. The normalized spacial score (nSPS) is 11.7. The molecule has 8 aromatic rings. The van der Waals surface area contributed by atoms with Gasteiger partial charge < -0.3 is 4.57 Å². The molecular weight excluding hydrogens is 478 g/mol. The van der Waals surface area contributed by atoms with E-state index < -0.39 is 0 Å². The maximum absolute atomic E-state index is 2.45. The zero-order valence-electron chi connectivity index (χ0n) is 20.6. The topological polar surface area (TPSA) is 4.93 Å². The lowest BCUT2D eigenvalue weighted by molar-refractivity contribution is 1.18. The van der Waals surface area contributed by atoms with Crippen LogP contribution in [0, 0.1) is 0 Å². The highest BCUT2D eigenvalue weighted by Crippen LogP contribution is 2.41. The molecule has 38 heavy (non-hydrogen) atoms. The first kappa shape index (κ1) is 21.4. The van der Waals surface area contributed by atoms with Gasteiger partial charge in [0.25, 0.3) is 0 Å². The highest BCUT2D eigenvalue weighted by Gasteiger charge is 2.16. The first-order valence-corrected chi connectivity index (χ1v) is 13.8. The summed E-state index contributed by atoms with van der Waals surface area (Å²) in [7, 11) is 0. The SMILES string of the molecule is c1ccc(-c2cc(-c3ccccc3)cc(-n3c4ccccc4c4cc5c(cc43)sc3ccccc35)c2)cc1. The summed E-state index contributed by atoms with van der Waals surface area (Å²) in [6.07, 6.45) is 0. The maximum atomic E-state index is 2.45. The molecule has 0 amide bonds. The Labute approximate surface area is 224 Å². The number of thiophene rings is 1. The molecule has 0 saturated carbocycles. The molecule has 6 aromatic carbocycles. The third-order valence-electron chi connectivity index (χ3n) is 7.56. The molecule has 0 aliphatic rings. The molecule has 0 fully saturated rings. The lowest BCUT2D eigenvalue weighted by Crippen LogP contribution is -1.96. The summed E-state index contributed by atoms with van der Waals surface area (Å²) in [4.78, 5) is 0. The van der Waals surface area contributed by atoms with Gasteiger partial charge in [0.05, 0.1) is 11.0 Å². The van der Waals surface area contributed by atoms with Crippen LogP contribution in [0.4, 0.5) is 0 Å². The molecule has 0 N–H and O–H groups in total. The lowest BCUT2D eigenvalue weighted by Gasteiger charge is -2.14. The molecule has 0 unspecified atom stereocenters. The van der Waals surface area contributed by atoms with Crippen LogP contribution in [0.2, 0.25) is 0 Å². The molecule has 0 radical (unpaired) electrons. The summed E-state index contributed by atoms with van der Waals surface area (Å²) in [5.41, 5.74) is 8.53. The van der Waals surface area contributed by atoms with Crippen molar-refractivity contribution in [2.24, 2.45) is 0 Å². The first-order chi connectivity index (χ1) is 18.8. The second-order valence-corrected chi connectivity index (χ2v) is 10.9. The zero-order chi connectivity index (χ0) is 25.1. The number of para-hydroxylation sites is 1. The van der Waals surface area contributed by atoms with Crippen LogP contribution in [-0.4, -0.2) is 4.57 Å². The molecule has 0 saturated heterocycles. The fourth-order valence-corrected chi connectivity index (χ4v) is 6.92. The number of rotatable bonds is 3. The maximum Gasteiger partial charge on any atom is 0.0555 e. The number of aromatic nitrogens is 1. The van der Waals surface area contributed by atoms with Crippen LogP contribution in [0.5, 0.6) is 0 Å². The zero-order valence-corrected chi connectivity index (χ0v) is 21.5. The van der Waals surface area contributed by atoms with E-state index in [0.717, 1.165) is 0 Å². The Morgan fingerprint density at radius 1 is 0.368 bits per heavy atom. The smallest absolute Gasteiger partial charge is 0.0555 e. The van der Waals surface area contributed by atoms with Crippen molar-refractivity contribution >= 4 is 53.3 Å². The van der Waals surface area contributed by atoms with Crippen molar-refractivity contribution in [1.82, 2.24) is 4.57 Å². The number of nitrogens with zero attached hydrogens (tertiary/aromatic N) is 1. The van der Waals surface area contributed by atoms with Gasteiger partial charge in [-0.3, -0.25) is 0 Å². The molecule has 1 nitrogen and oxygen atoms in total. The van der Waals surface area contributed by atoms with Gasteiger partial charge in [0, 0.05) is 36.6 Å². The van der Waals surface area contributed by atoms with Crippen LogP contribution >= 0.6 is 11.3 Å². The molecule has 0 aliphatic carbocycles. The third-order valence-corrected chi connectivity index (χ3v) is 8.69. The average molecular weight is 502 g/mol. The Morgan fingerprint density at radius 2 is 0.974 bits per heavy atom. The summed E-state index contributed by atoms with van der Waals surface area (Å²) in [6, 6.07) is 50.7. The first-order valence-electron chi connectivity index (χ1n) is 12.9. The van der Waals surface area contributed by atoms with Gasteiger partial charge in [-0.2, -0.15) is 0 Å². The monoisotopic (exact) mass is 501 g/mol. The van der Waals surface area contributed by atoms with Crippen LogP contribution in [0.25, 0.3) is 69.9 Å². The van der Waals surface area contributed by atoms with Gasteiger partial charge in [-0.05, 0) is 64.7 Å². The van der Waals surface area contributed by atoms with Crippen molar-refractivity contribution in [2.75, 3.05) is 0 Å². The van der Waals surface area contributed by atoms with Crippen molar-refractivity contribution in [1.29, 1.82) is 0 Å². The summed E-state index contributed by atoms with van der Waals surface area (Å²) >= 11 is 1.88. The van der Waals surface area contributed by atoms with Crippen LogP contribution in [0.15, 0.2) is 140 Å². The van der Waals surface area contributed by atoms with Gasteiger partial charge in [0.1, 0.15) is 0 Å². The second kappa shape index (κ2) is 8.44. The molecular formula is C36H23NS. The van der Waals surface area contributed by atoms with E-state index in [1.165, 1.54) is 69.9 Å². The Balaban J connectivity index is 1.48. The van der Waals surface area contributed by atoms with Crippen LogP contribution in [0.3, 0.4) is 0 Å². The summed E-state index contributed by atoms with van der Waals surface area (Å²) in [5.74, 6) is 0. The number of fused-ring (bicyclic) bond motifs is 6. The Kier molecular flexibility index (Phi) is 4.76. The van der Waals surface area contributed by atoms with Gasteiger partial charge in [-0.1, -0.05) is 97.1 Å². The standard InChI is InChI=1S/C36H23NS/c1-3-11-24(12-4-1)26-19-27(25-13-5-2-6-14-25)21-28(20-26)37-33-17-9-7-15-29(33)31-22-32-30-16-8-10-18-35(30)38-36(32)23-34(31)37/h1-23H. The van der Waals surface area contributed by atoms with E-state index in [1.807, 2.05) is 11.3 Å².